The number of aliphatic hydroxyl groups is 1. The zero-order valence-electron chi connectivity index (χ0n) is 10.1. The predicted molar refractivity (Wildman–Crippen MR) is 66.3 cm³/mol. The first-order valence-electron chi connectivity index (χ1n) is 6.30. The van der Waals surface area contributed by atoms with Crippen molar-refractivity contribution in [1.82, 2.24) is 0 Å². The highest BCUT2D eigenvalue weighted by Crippen LogP contribution is 2.40. The van der Waals surface area contributed by atoms with Gasteiger partial charge in [-0.05, 0) is 39.0 Å². The van der Waals surface area contributed by atoms with Gasteiger partial charge in [-0.1, -0.05) is 12.8 Å². The quantitative estimate of drug-likeness (QED) is 0.594. The van der Waals surface area contributed by atoms with E-state index in [4.69, 9.17) is 16.9 Å². The highest BCUT2D eigenvalue weighted by atomic mass is 35.5. The zero-order valence-corrected chi connectivity index (χ0v) is 10.8. The molecule has 0 aromatic carbocycles. The molecule has 0 unspecified atom stereocenters. The number of unbranched alkanes of at least 4 members (excludes halogenated alkanes) is 2. The van der Waals surface area contributed by atoms with Gasteiger partial charge in [0, 0.05) is 11.8 Å². The summed E-state index contributed by atoms with van der Waals surface area (Å²) >= 11 is 5.63. The lowest BCUT2D eigenvalue weighted by atomic mass is 9.68. The summed E-state index contributed by atoms with van der Waals surface area (Å²) < 4.78 is 0. The van der Waals surface area contributed by atoms with Crippen LogP contribution in [0, 0.1) is 23.2 Å². The van der Waals surface area contributed by atoms with E-state index in [0.717, 1.165) is 44.9 Å². The van der Waals surface area contributed by atoms with Gasteiger partial charge in [-0.2, -0.15) is 5.26 Å². The minimum absolute atomic E-state index is 0.0414. The van der Waals surface area contributed by atoms with Crippen molar-refractivity contribution in [2.75, 3.05) is 5.88 Å². The van der Waals surface area contributed by atoms with Crippen molar-refractivity contribution in [3.8, 4) is 6.07 Å². The van der Waals surface area contributed by atoms with Crippen molar-refractivity contribution >= 4 is 11.6 Å². The Balaban J connectivity index is 2.47. The second-order valence-corrected chi connectivity index (χ2v) is 5.51. The van der Waals surface area contributed by atoms with E-state index < -0.39 is 5.60 Å². The first-order chi connectivity index (χ1) is 7.61. The average molecular weight is 244 g/mol. The van der Waals surface area contributed by atoms with Crippen molar-refractivity contribution in [2.45, 2.75) is 57.5 Å². The smallest absolute Gasteiger partial charge is 0.0660 e. The number of alkyl halides is 1. The molecule has 0 aromatic rings. The molecule has 0 amide bonds. The molecule has 0 heterocycles. The highest BCUT2D eigenvalue weighted by molar-refractivity contribution is 6.17. The first kappa shape index (κ1) is 13.8. The molecule has 1 N–H and O–H groups in total. The number of halogens is 1. The minimum Gasteiger partial charge on any atom is -0.390 e. The van der Waals surface area contributed by atoms with Crippen LogP contribution in [0.3, 0.4) is 0 Å². The molecule has 0 aromatic heterocycles. The Morgan fingerprint density at radius 1 is 1.44 bits per heavy atom. The van der Waals surface area contributed by atoms with Gasteiger partial charge in [0.05, 0.1) is 17.6 Å². The number of hydrogen-bond donors (Lipinski definition) is 1. The lowest BCUT2D eigenvalue weighted by Crippen LogP contribution is -2.42. The maximum Gasteiger partial charge on any atom is 0.0660 e. The van der Waals surface area contributed by atoms with Gasteiger partial charge in [0.15, 0.2) is 0 Å². The van der Waals surface area contributed by atoms with Crippen LogP contribution in [0.1, 0.15) is 51.9 Å². The third-order valence-electron chi connectivity index (χ3n) is 3.80. The third kappa shape index (κ3) is 3.64. The second kappa shape index (κ2) is 6.47. The van der Waals surface area contributed by atoms with Crippen molar-refractivity contribution in [3.05, 3.63) is 0 Å². The van der Waals surface area contributed by atoms with Crippen LogP contribution in [0.4, 0.5) is 0 Å². The van der Waals surface area contributed by atoms with E-state index in [9.17, 15) is 5.11 Å². The van der Waals surface area contributed by atoms with E-state index in [2.05, 4.69) is 6.07 Å². The Morgan fingerprint density at radius 3 is 2.81 bits per heavy atom. The Hall–Kier alpha value is -0.260. The fourth-order valence-corrected chi connectivity index (χ4v) is 2.99. The average Bonchev–Trinajstić information content (AvgIpc) is 2.25. The lowest BCUT2D eigenvalue weighted by molar-refractivity contribution is -0.0516. The predicted octanol–water partition coefficient (Wildman–Crippen LogP) is 3.48. The minimum atomic E-state index is -0.639. The number of nitrogens with zero attached hydrogens (tertiary/aromatic N) is 1. The van der Waals surface area contributed by atoms with Gasteiger partial charge < -0.3 is 5.11 Å². The van der Waals surface area contributed by atoms with Crippen molar-refractivity contribution in [2.24, 2.45) is 11.8 Å². The summed E-state index contributed by atoms with van der Waals surface area (Å²) in [5.74, 6) is 0.907. The maximum absolute atomic E-state index is 10.3. The van der Waals surface area contributed by atoms with Crippen LogP contribution in [0.25, 0.3) is 0 Å². The van der Waals surface area contributed by atoms with Crippen LogP contribution in [-0.2, 0) is 0 Å². The molecule has 1 saturated carbocycles. The van der Waals surface area contributed by atoms with Gasteiger partial charge in [0.25, 0.3) is 0 Å². The van der Waals surface area contributed by atoms with Crippen molar-refractivity contribution in [3.63, 3.8) is 0 Å². The van der Waals surface area contributed by atoms with Gasteiger partial charge in [-0.3, -0.25) is 0 Å². The largest absolute Gasteiger partial charge is 0.390 e. The number of hydrogen-bond acceptors (Lipinski definition) is 2. The van der Waals surface area contributed by atoms with Crippen LogP contribution in [0.15, 0.2) is 0 Å². The van der Waals surface area contributed by atoms with E-state index in [1.165, 1.54) is 0 Å². The molecular weight excluding hydrogens is 222 g/mol. The van der Waals surface area contributed by atoms with Gasteiger partial charge in [0.2, 0.25) is 0 Å². The molecule has 92 valence electrons. The van der Waals surface area contributed by atoms with Crippen LogP contribution < -0.4 is 0 Å². The molecule has 0 aliphatic heterocycles. The molecule has 1 fully saturated rings. The summed E-state index contributed by atoms with van der Waals surface area (Å²) in [6.45, 7) is 1.89. The van der Waals surface area contributed by atoms with E-state index in [1.807, 2.05) is 6.92 Å². The second-order valence-electron chi connectivity index (χ2n) is 5.13. The van der Waals surface area contributed by atoms with Crippen LogP contribution >= 0.6 is 11.6 Å². The third-order valence-corrected chi connectivity index (χ3v) is 4.06. The number of nitriles is 1. The standard InChI is InChI=1S/C13H22ClNO/c1-13(16)8-5-6-11(10-15)12(13)7-3-2-4-9-14/h11-12,16H,2-9H2,1H3/t11-,12-,13+/m1/s1. The summed E-state index contributed by atoms with van der Waals surface area (Å²) in [6.07, 6.45) is 6.94. The summed E-state index contributed by atoms with van der Waals surface area (Å²) in [6, 6.07) is 2.36. The Morgan fingerprint density at radius 2 is 2.19 bits per heavy atom. The molecule has 2 nitrogen and oxygen atoms in total. The van der Waals surface area contributed by atoms with Crippen LogP contribution in [0.5, 0.6) is 0 Å². The molecule has 0 bridgehead atoms. The van der Waals surface area contributed by atoms with E-state index in [0.29, 0.717) is 5.88 Å². The van der Waals surface area contributed by atoms with Crippen molar-refractivity contribution in [1.29, 1.82) is 5.26 Å². The van der Waals surface area contributed by atoms with Crippen LogP contribution in [-0.4, -0.2) is 16.6 Å². The molecule has 1 aliphatic rings. The van der Waals surface area contributed by atoms with E-state index in [1.54, 1.807) is 0 Å². The highest BCUT2D eigenvalue weighted by Gasteiger charge is 2.40. The van der Waals surface area contributed by atoms with E-state index in [-0.39, 0.29) is 11.8 Å². The zero-order chi connectivity index (χ0) is 12.0. The topological polar surface area (TPSA) is 44.0 Å². The van der Waals surface area contributed by atoms with Crippen LogP contribution in [0.2, 0.25) is 0 Å². The van der Waals surface area contributed by atoms with Gasteiger partial charge in [0.1, 0.15) is 0 Å². The SMILES string of the molecule is C[C@]1(O)CCC[C@H](C#N)[C@H]1CCCCCCl. The monoisotopic (exact) mass is 243 g/mol. The molecule has 0 radical (unpaired) electrons. The summed E-state index contributed by atoms with van der Waals surface area (Å²) in [4.78, 5) is 0. The normalized spacial score (nSPS) is 34.6. The number of rotatable bonds is 5. The van der Waals surface area contributed by atoms with Gasteiger partial charge in [-0.25, -0.2) is 0 Å². The Kier molecular flexibility index (Phi) is 5.58. The molecule has 3 heteroatoms. The van der Waals surface area contributed by atoms with Gasteiger partial charge >= 0.3 is 0 Å². The maximum atomic E-state index is 10.3. The molecule has 3 atom stereocenters. The first-order valence-corrected chi connectivity index (χ1v) is 6.83. The van der Waals surface area contributed by atoms with Crippen molar-refractivity contribution < 1.29 is 5.11 Å². The Labute approximate surface area is 104 Å². The molecule has 1 rings (SSSR count). The fourth-order valence-electron chi connectivity index (χ4n) is 2.80. The lowest BCUT2D eigenvalue weighted by Gasteiger charge is -2.40. The summed E-state index contributed by atoms with van der Waals surface area (Å²) in [7, 11) is 0. The summed E-state index contributed by atoms with van der Waals surface area (Å²) in [5.41, 5.74) is -0.639. The molecule has 16 heavy (non-hydrogen) atoms. The van der Waals surface area contributed by atoms with E-state index >= 15 is 0 Å². The fraction of sp³-hybridized carbons (Fsp3) is 0.923. The molecular formula is C13H22ClNO. The molecule has 0 saturated heterocycles. The van der Waals surface area contributed by atoms with Gasteiger partial charge in [-0.15, -0.1) is 11.6 Å². The summed E-state index contributed by atoms with van der Waals surface area (Å²) in [5, 5.41) is 19.4. The Bertz CT molecular complexity index is 247. The molecule has 1 aliphatic carbocycles. The molecule has 0 spiro atoms.